The number of fused-ring (bicyclic) bond motifs is 1. The predicted molar refractivity (Wildman–Crippen MR) is 79.7 cm³/mol. The Balaban J connectivity index is 1.96. The molecule has 0 amide bonds. The third kappa shape index (κ3) is 2.47. The SMILES string of the molecule is CCNC(c1cc2c(s1)CCCC2)c1ccnn1C. The maximum absolute atomic E-state index is 4.31. The Morgan fingerprint density at radius 2 is 2.26 bits per heavy atom. The lowest BCUT2D eigenvalue weighted by Gasteiger charge is -2.16. The highest BCUT2D eigenvalue weighted by molar-refractivity contribution is 7.12. The van der Waals surface area contributed by atoms with Crippen molar-refractivity contribution in [1.82, 2.24) is 15.1 Å². The Morgan fingerprint density at radius 1 is 1.42 bits per heavy atom. The van der Waals surface area contributed by atoms with Gasteiger partial charge in [0.25, 0.3) is 0 Å². The highest BCUT2D eigenvalue weighted by Crippen LogP contribution is 2.35. The Kier molecular flexibility index (Phi) is 3.71. The van der Waals surface area contributed by atoms with Gasteiger partial charge in [0.1, 0.15) is 0 Å². The van der Waals surface area contributed by atoms with Gasteiger partial charge in [-0.25, -0.2) is 0 Å². The van der Waals surface area contributed by atoms with Crippen molar-refractivity contribution in [1.29, 1.82) is 0 Å². The summed E-state index contributed by atoms with van der Waals surface area (Å²) in [5, 5.41) is 7.91. The van der Waals surface area contributed by atoms with E-state index >= 15 is 0 Å². The highest BCUT2D eigenvalue weighted by atomic mass is 32.1. The highest BCUT2D eigenvalue weighted by Gasteiger charge is 2.21. The number of rotatable bonds is 4. The predicted octanol–water partition coefficient (Wildman–Crippen LogP) is 3.06. The summed E-state index contributed by atoms with van der Waals surface area (Å²) in [6, 6.07) is 4.82. The van der Waals surface area contributed by atoms with E-state index in [9.17, 15) is 0 Å². The zero-order valence-electron chi connectivity index (χ0n) is 11.6. The van der Waals surface area contributed by atoms with E-state index in [0.29, 0.717) is 0 Å². The van der Waals surface area contributed by atoms with Gasteiger partial charge in [0.15, 0.2) is 0 Å². The Bertz CT molecular complexity index is 532. The number of hydrogen-bond donors (Lipinski definition) is 1. The number of nitrogens with zero attached hydrogens (tertiary/aromatic N) is 2. The smallest absolute Gasteiger partial charge is 0.0841 e. The molecule has 0 saturated carbocycles. The van der Waals surface area contributed by atoms with Gasteiger partial charge in [-0.3, -0.25) is 4.68 Å². The lowest BCUT2D eigenvalue weighted by molar-refractivity contribution is 0.579. The molecule has 0 saturated heterocycles. The lowest BCUT2D eigenvalue weighted by Crippen LogP contribution is -2.23. The molecule has 1 atom stereocenters. The van der Waals surface area contributed by atoms with Gasteiger partial charge in [-0.15, -0.1) is 11.3 Å². The molecule has 1 unspecified atom stereocenters. The minimum atomic E-state index is 0.285. The Labute approximate surface area is 118 Å². The fourth-order valence-electron chi connectivity index (χ4n) is 2.88. The summed E-state index contributed by atoms with van der Waals surface area (Å²) in [5.74, 6) is 0. The third-order valence-electron chi connectivity index (χ3n) is 3.86. The summed E-state index contributed by atoms with van der Waals surface area (Å²) < 4.78 is 1.98. The van der Waals surface area contributed by atoms with Crippen LogP contribution in [-0.4, -0.2) is 16.3 Å². The van der Waals surface area contributed by atoms with Crippen molar-refractivity contribution in [2.24, 2.45) is 7.05 Å². The zero-order valence-corrected chi connectivity index (χ0v) is 12.5. The number of nitrogens with one attached hydrogen (secondary N) is 1. The quantitative estimate of drug-likeness (QED) is 0.929. The molecule has 2 heterocycles. The molecular formula is C15H21N3S. The van der Waals surface area contributed by atoms with Crippen LogP contribution in [0.25, 0.3) is 0 Å². The zero-order chi connectivity index (χ0) is 13.2. The van der Waals surface area contributed by atoms with Crippen LogP contribution in [0, 0.1) is 0 Å². The number of aromatic nitrogens is 2. The van der Waals surface area contributed by atoms with E-state index in [2.05, 4.69) is 29.5 Å². The van der Waals surface area contributed by atoms with E-state index in [4.69, 9.17) is 0 Å². The summed E-state index contributed by atoms with van der Waals surface area (Å²) in [4.78, 5) is 3.05. The summed E-state index contributed by atoms with van der Waals surface area (Å²) in [6.45, 7) is 3.13. The van der Waals surface area contributed by atoms with E-state index in [-0.39, 0.29) is 6.04 Å². The van der Waals surface area contributed by atoms with E-state index < -0.39 is 0 Å². The fraction of sp³-hybridized carbons (Fsp3) is 0.533. The second kappa shape index (κ2) is 5.47. The van der Waals surface area contributed by atoms with Gasteiger partial charge < -0.3 is 5.32 Å². The third-order valence-corrected chi connectivity index (χ3v) is 5.16. The number of thiophene rings is 1. The van der Waals surface area contributed by atoms with Crippen molar-refractivity contribution in [3.63, 3.8) is 0 Å². The first-order chi connectivity index (χ1) is 9.29. The van der Waals surface area contributed by atoms with Crippen LogP contribution < -0.4 is 5.32 Å². The van der Waals surface area contributed by atoms with Crippen molar-refractivity contribution >= 4 is 11.3 Å². The molecule has 4 heteroatoms. The van der Waals surface area contributed by atoms with Crippen LogP contribution in [-0.2, 0) is 19.9 Å². The van der Waals surface area contributed by atoms with Gasteiger partial charge in [0.2, 0.25) is 0 Å². The van der Waals surface area contributed by atoms with Crippen molar-refractivity contribution in [3.8, 4) is 0 Å². The summed E-state index contributed by atoms with van der Waals surface area (Å²) in [5.41, 5.74) is 2.83. The van der Waals surface area contributed by atoms with Crippen LogP contribution in [0.5, 0.6) is 0 Å². The molecule has 1 N–H and O–H groups in total. The average Bonchev–Trinajstić information content (AvgIpc) is 3.02. The van der Waals surface area contributed by atoms with E-state index in [1.54, 1.807) is 10.4 Å². The van der Waals surface area contributed by atoms with Gasteiger partial charge in [0.05, 0.1) is 11.7 Å². The minimum Gasteiger partial charge on any atom is -0.305 e. The second-order valence-electron chi connectivity index (χ2n) is 5.17. The van der Waals surface area contributed by atoms with Crippen LogP contribution in [0.3, 0.4) is 0 Å². The largest absolute Gasteiger partial charge is 0.305 e. The molecule has 3 rings (SSSR count). The topological polar surface area (TPSA) is 29.9 Å². The van der Waals surface area contributed by atoms with Crippen molar-refractivity contribution in [3.05, 3.63) is 39.3 Å². The van der Waals surface area contributed by atoms with E-state index in [0.717, 1.165) is 6.54 Å². The van der Waals surface area contributed by atoms with Gasteiger partial charge >= 0.3 is 0 Å². The molecular weight excluding hydrogens is 254 g/mol. The molecule has 2 aromatic rings. The summed E-state index contributed by atoms with van der Waals surface area (Å²) in [7, 11) is 2.02. The molecule has 1 aliphatic rings. The van der Waals surface area contributed by atoms with Gasteiger partial charge in [0, 0.05) is 23.0 Å². The molecule has 0 radical (unpaired) electrons. The van der Waals surface area contributed by atoms with Crippen LogP contribution in [0.4, 0.5) is 0 Å². The molecule has 102 valence electrons. The number of aryl methyl sites for hydroxylation is 3. The van der Waals surface area contributed by atoms with Crippen LogP contribution >= 0.6 is 11.3 Å². The standard InChI is InChI=1S/C15H21N3S/c1-3-16-15(12-8-9-17-18(12)2)14-10-11-6-4-5-7-13(11)19-14/h8-10,15-16H,3-7H2,1-2H3. The Hall–Kier alpha value is -1.13. The molecule has 19 heavy (non-hydrogen) atoms. The molecule has 2 aromatic heterocycles. The lowest BCUT2D eigenvalue weighted by atomic mass is 9.98. The van der Waals surface area contributed by atoms with Crippen LogP contribution in [0.1, 0.15) is 46.8 Å². The first kappa shape index (κ1) is 12.9. The monoisotopic (exact) mass is 275 g/mol. The normalized spacial score (nSPS) is 16.3. The minimum absolute atomic E-state index is 0.285. The molecule has 1 aliphatic carbocycles. The second-order valence-corrected chi connectivity index (χ2v) is 6.34. The van der Waals surface area contributed by atoms with Crippen LogP contribution in [0.2, 0.25) is 0 Å². The van der Waals surface area contributed by atoms with E-state index in [1.165, 1.54) is 36.3 Å². The van der Waals surface area contributed by atoms with Crippen LogP contribution in [0.15, 0.2) is 18.3 Å². The first-order valence-electron chi connectivity index (χ1n) is 7.12. The van der Waals surface area contributed by atoms with E-state index in [1.807, 2.05) is 29.3 Å². The molecule has 0 bridgehead atoms. The van der Waals surface area contributed by atoms with Crippen molar-refractivity contribution < 1.29 is 0 Å². The Morgan fingerprint density at radius 3 is 2.95 bits per heavy atom. The molecule has 0 spiro atoms. The summed E-state index contributed by atoms with van der Waals surface area (Å²) >= 11 is 1.99. The fourth-order valence-corrected chi connectivity index (χ4v) is 4.22. The van der Waals surface area contributed by atoms with Gasteiger partial charge in [-0.05, 0) is 49.9 Å². The van der Waals surface area contributed by atoms with Crippen molar-refractivity contribution in [2.75, 3.05) is 6.54 Å². The maximum atomic E-state index is 4.31. The average molecular weight is 275 g/mol. The first-order valence-corrected chi connectivity index (χ1v) is 7.94. The molecule has 0 aromatic carbocycles. The maximum Gasteiger partial charge on any atom is 0.0841 e. The molecule has 0 aliphatic heterocycles. The van der Waals surface area contributed by atoms with Gasteiger partial charge in [-0.1, -0.05) is 6.92 Å². The van der Waals surface area contributed by atoms with Crippen molar-refractivity contribution in [2.45, 2.75) is 38.6 Å². The van der Waals surface area contributed by atoms with Gasteiger partial charge in [-0.2, -0.15) is 5.10 Å². The summed E-state index contributed by atoms with van der Waals surface area (Å²) in [6.07, 6.45) is 7.11. The molecule has 3 nitrogen and oxygen atoms in total. The molecule has 0 fully saturated rings. The number of hydrogen-bond acceptors (Lipinski definition) is 3.